The first-order valence-corrected chi connectivity index (χ1v) is 7.41. The molecule has 1 atom stereocenters. The van der Waals surface area contributed by atoms with Crippen molar-refractivity contribution in [3.8, 4) is 11.5 Å². The van der Waals surface area contributed by atoms with Crippen molar-refractivity contribution in [2.24, 2.45) is 0 Å². The minimum Gasteiger partial charge on any atom is -0.481 e. The van der Waals surface area contributed by atoms with Crippen molar-refractivity contribution in [3.63, 3.8) is 0 Å². The molecule has 1 aromatic rings. The van der Waals surface area contributed by atoms with Crippen LogP contribution in [0.4, 0.5) is 0 Å². The van der Waals surface area contributed by atoms with Crippen molar-refractivity contribution >= 4 is 5.97 Å². The van der Waals surface area contributed by atoms with E-state index < -0.39 is 11.8 Å². The summed E-state index contributed by atoms with van der Waals surface area (Å²) in [5.41, 5.74) is 1.06. The molecular weight excluding hydrogens is 270 g/mol. The molecule has 0 fully saturated rings. The highest BCUT2D eigenvalue weighted by Crippen LogP contribution is 2.43. The summed E-state index contributed by atoms with van der Waals surface area (Å²) in [7, 11) is 0. The van der Waals surface area contributed by atoms with E-state index in [-0.39, 0.29) is 6.42 Å². The molecule has 1 aliphatic rings. The van der Waals surface area contributed by atoms with Crippen molar-refractivity contribution in [1.29, 1.82) is 0 Å². The Morgan fingerprint density at radius 1 is 1.29 bits per heavy atom. The van der Waals surface area contributed by atoms with Crippen molar-refractivity contribution in [3.05, 3.63) is 23.8 Å². The molecule has 1 N–H and O–H groups in total. The first-order chi connectivity index (χ1) is 9.97. The maximum Gasteiger partial charge on any atom is 0.311 e. The Hall–Kier alpha value is -1.75. The number of ether oxygens (including phenoxy) is 2. The lowest BCUT2D eigenvalue weighted by molar-refractivity contribution is -0.149. The average Bonchev–Trinajstić information content (AvgIpc) is 2.75. The first-order valence-electron chi connectivity index (χ1n) is 7.41. The van der Waals surface area contributed by atoms with Gasteiger partial charge in [-0.3, -0.25) is 4.79 Å². The maximum atomic E-state index is 10.9. The van der Waals surface area contributed by atoms with Crippen LogP contribution in [0.2, 0.25) is 0 Å². The van der Waals surface area contributed by atoms with Gasteiger partial charge in [-0.1, -0.05) is 26.0 Å². The van der Waals surface area contributed by atoms with Crippen LogP contribution in [0.5, 0.6) is 11.5 Å². The van der Waals surface area contributed by atoms with Gasteiger partial charge in [0.15, 0.2) is 11.5 Å². The lowest BCUT2D eigenvalue weighted by Gasteiger charge is -2.21. The van der Waals surface area contributed by atoms with Crippen LogP contribution in [0, 0.1) is 0 Å². The van der Waals surface area contributed by atoms with E-state index in [0.717, 1.165) is 31.6 Å². The number of rotatable bonds is 7. The molecule has 5 heteroatoms. The van der Waals surface area contributed by atoms with Crippen LogP contribution in [0.3, 0.4) is 0 Å². The fourth-order valence-corrected chi connectivity index (χ4v) is 2.59. The van der Waals surface area contributed by atoms with E-state index in [1.807, 2.05) is 18.2 Å². The normalized spacial score (nSPS) is 20.0. The number of likely N-dealkylation sites (N-methyl/N-ethyl adjacent to an activating group) is 1. The van der Waals surface area contributed by atoms with Crippen LogP contribution in [-0.4, -0.2) is 41.4 Å². The van der Waals surface area contributed by atoms with E-state index >= 15 is 0 Å². The highest BCUT2D eigenvalue weighted by molar-refractivity contribution is 5.68. The number of carboxylic acid groups (broad SMARTS) is 1. The number of benzene rings is 1. The SMILES string of the molecule is CCN(CC)CCc1cccc2c1OC(C)(CC(=O)O)O2. The quantitative estimate of drug-likeness (QED) is 0.837. The summed E-state index contributed by atoms with van der Waals surface area (Å²) in [4.78, 5) is 13.3. The van der Waals surface area contributed by atoms with E-state index in [2.05, 4.69) is 18.7 Å². The van der Waals surface area contributed by atoms with Crippen LogP contribution >= 0.6 is 0 Å². The fraction of sp³-hybridized carbons (Fsp3) is 0.562. The van der Waals surface area contributed by atoms with Gasteiger partial charge in [0.25, 0.3) is 5.79 Å². The van der Waals surface area contributed by atoms with Crippen LogP contribution < -0.4 is 9.47 Å². The smallest absolute Gasteiger partial charge is 0.311 e. The predicted molar refractivity (Wildman–Crippen MR) is 79.8 cm³/mol. The minimum absolute atomic E-state index is 0.183. The Labute approximate surface area is 125 Å². The first kappa shape index (κ1) is 15.6. The molecular formula is C16H23NO4. The van der Waals surface area contributed by atoms with Gasteiger partial charge in [0, 0.05) is 13.5 Å². The molecule has 21 heavy (non-hydrogen) atoms. The van der Waals surface area contributed by atoms with Crippen molar-refractivity contribution in [2.45, 2.75) is 39.4 Å². The number of carboxylic acids is 1. The van der Waals surface area contributed by atoms with Gasteiger partial charge in [-0.25, -0.2) is 0 Å². The summed E-state index contributed by atoms with van der Waals surface area (Å²) in [5.74, 6) is -0.723. The largest absolute Gasteiger partial charge is 0.481 e. The number of para-hydroxylation sites is 1. The number of nitrogens with zero attached hydrogens (tertiary/aromatic N) is 1. The standard InChI is InChI=1S/C16H23NO4/c1-4-17(5-2)10-9-12-7-6-8-13-15(12)21-16(3,20-13)11-14(18)19/h6-8H,4-5,9-11H2,1-3H3,(H,18,19). The molecule has 5 nitrogen and oxygen atoms in total. The minimum atomic E-state index is -1.11. The van der Waals surface area contributed by atoms with Crippen LogP contribution in [0.15, 0.2) is 18.2 Å². The summed E-state index contributed by atoms with van der Waals surface area (Å²) >= 11 is 0. The Morgan fingerprint density at radius 3 is 2.62 bits per heavy atom. The second-order valence-electron chi connectivity index (χ2n) is 5.43. The third kappa shape index (κ3) is 3.67. The third-order valence-corrected chi connectivity index (χ3v) is 3.77. The number of hydrogen-bond acceptors (Lipinski definition) is 4. The zero-order valence-corrected chi connectivity index (χ0v) is 12.9. The molecule has 0 radical (unpaired) electrons. The van der Waals surface area contributed by atoms with Crippen LogP contribution in [-0.2, 0) is 11.2 Å². The van der Waals surface area contributed by atoms with E-state index in [1.54, 1.807) is 6.92 Å². The average molecular weight is 293 g/mol. The molecule has 0 spiro atoms. The van der Waals surface area contributed by atoms with E-state index in [4.69, 9.17) is 14.6 Å². The van der Waals surface area contributed by atoms with Crippen molar-refractivity contribution in [1.82, 2.24) is 4.90 Å². The van der Waals surface area contributed by atoms with Gasteiger partial charge in [-0.15, -0.1) is 0 Å². The number of aliphatic carboxylic acids is 1. The summed E-state index contributed by atoms with van der Waals surface area (Å²) < 4.78 is 11.5. The van der Waals surface area contributed by atoms with E-state index in [1.165, 1.54) is 0 Å². The van der Waals surface area contributed by atoms with Crippen molar-refractivity contribution < 1.29 is 19.4 Å². The van der Waals surface area contributed by atoms with E-state index in [9.17, 15) is 4.79 Å². The summed E-state index contributed by atoms with van der Waals surface area (Å²) in [6.07, 6.45) is 0.675. The molecule has 0 aliphatic carbocycles. The number of carbonyl (C=O) groups is 1. The molecule has 2 rings (SSSR count). The number of fused-ring (bicyclic) bond motifs is 1. The molecule has 1 aromatic carbocycles. The summed E-state index contributed by atoms with van der Waals surface area (Å²) in [6, 6.07) is 5.76. The van der Waals surface area contributed by atoms with Gasteiger partial charge in [-0.05, 0) is 31.1 Å². The monoisotopic (exact) mass is 293 g/mol. The molecule has 0 saturated carbocycles. The lowest BCUT2D eigenvalue weighted by Crippen LogP contribution is -2.37. The zero-order chi connectivity index (χ0) is 15.5. The van der Waals surface area contributed by atoms with Gasteiger partial charge in [0.1, 0.15) is 6.42 Å². The second kappa shape index (κ2) is 6.35. The van der Waals surface area contributed by atoms with Gasteiger partial charge in [0.2, 0.25) is 0 Å². The molecule has 1 heterocycles. The molecule has 0 saturated heterocycles. The number of hydrogen-bond donors (Lipinski definition) is 1. The molecule has 0 aromatic heterocycles. The predicted octanol–water partition coefficient (Wildman–Crippen LogP) is 2.53. The van der Waals surface area contributed by atoms with Gasteiger partial charge in [0.05, 0.1) is 0 Å². The lowest BCUT2D eigenvalue weighted by atomic mass is 10.1. The molecule has 116 valence electrons. The van der Waals surface area contributed by atoms with Crippen molar-refractivity contribution in [2.75, 3.05) is 19.6 Å². The van der Waals surface area contributed by atoms with Gasteiger partial charge < -0.3 is 19.5 Å². The highest BCUT2D eigenvalue weighted by Gasteiger charge is 2.40. The summed E-state index contributed by atoms with van der Waals surface area (Å²) in [5, 5.41) is 8.96. The molecule has 0 amide bonds. The Bertz CT molecular complexity index is 513. The summed E-state index contributed by atoms with van der Waals surface area (Å²) in [6.45, 7) is 8.92. The van der Waals surface area contributed by atoms with Gasteiger partial charge in [-0.2, -0.15) is 0 Å². The second-order valence-corrected chi connectivity index (χ2v) is 5.43. The van der Waals surface area contributed by atoms with Crippen LogP contribution in [0.25, 0.3) is 0 Å². The molecule has 0 bridgehead atoms. The highest BCUT2D eigenvalue weighted by atomic mass is 16.7. The Morgan fingerprint density at radius 2 is 2.00 bits per heavy atom. The van der Waals surface area contributed by atoms with E-state index in [0.29, 0.717) is 11.5 Å². The maximum absolute atomic E-state index is 10.9. The van der Waals surface area contributed by atoms with Gasteiger partial charge >= 0.3 is 5.97 Å². The molecule has 1 aliphatic heterocycles. The third-order valence-electron chi connectivity index (χ3n) is 3.77. The Balaban J connectivity index is 2.11. The topological polar surface area (TPSA) is 59.0 Å². The Kier molecular flexibility index (Phi) is 4.73. The molecule has 1 unspecified atom stereocenters. The fourth-order valence-electron chi connectivity index (χ4n) is 2.59. The zero-order valence-electron chi connectivity index (χ0n) is 12.9. The van der Waals surface area contributed by atoms with Crippen LogP contribution in [0.1, 0.15) is 32.8 Å².